The first-order valence-electron chi connectivity index (χ1n) is 13.5. The summed E-state index contributed by atoms with van der Waals surface area (Å²) in [5.41, 5.74) is 2.80. The number of nitrogens with one attached hydrogen (secondary N) is 1. The molecule has 3 heterocycles. The van der Waals surface area contributed by atoms with E-state index in [0.29, 0.717) is 6.04 Å². The van der Waals surface area contributed by atoms with Gasteiger partial charge in [-0.3, -0.25) is 4.90 Å². The van der Waals surface area contributed by atoms with Gasteiger partial charge >= 0.3 is 0 Å². The van der Waals surface area contributed by atoms with Crippen molar-refractivity contribution in [3.05, 3.63) is 11.3 Å². The minimum atomic E-state index is 0.489. The van der Waals surface area contributed by atoms with Gasteiger partial charge in [0.25, 0.3) is 0 Å². The van der Waals surface area contributed by atoms with E-state index in [0.717, 1.165) is 18.4 Å². The highest BCUT2D eigenvalue weighted by Gasteiger charge is 2.27. The molecule has 5 nitrogen and oxygen atoms in total. The lowest BCUT2D eigenvalue weighted by molar-refractivity contribution is 0.158. The Bertz CT molecular complexity index is 706. The summed E-state index contributed by atoms with van der Waals surface area (Å²) >= 11 is 0. The molecule has 172 valence electrons. The second-order valence-corrected chi connectivity index (χ2v) is 10.5. The van der Waals surface area contributed by atoms with Crippen LogP contribution >= 0.6 is 0 Å². The first kappa shape index (κ1) is 21.5. The van der Waals surface area contributed by atoms with Crippen molar-refractivity contribution >= 4 is 11.8 Å². The van der Waals surface area contributed by atoms with Gasteiger partial charge < -0.3 is 10.2 Å². The molecule has 2 aliphatic carbocycles. The minimum absolute atomic E-state index is 0.489. The molecule has 1 saturated carbocycles. The summed E-state index contributed by atoms with van der Waals surface area (Å²) in [5.74, 6) is 2.18. The number of fused-ring (bicyclic) bond motifs is 1. The topological polar surface area (TPSA) is 44.3 Å². The van der Waals surface area contributed by atoms with Crippen molar-refractivity contribution in [1.82, 2.24) is 14.9 Å². The molecule has 2 aliphatic heterocycles. The lowest BCUT2D eigenvalue weighted by Gasteiger charge is -2.35. The van der Waals surface area contributed by atoms with Crippen molar-refractivity contribution in [1.29, 1.82) is 0 Å². The highest BCUT2D eigenvalue weighted by molar-refractivity contribution is 5.54. The van der Waals surface area contributed by atoms with Gasteiger partial charge in [-0.15, -0.1) is 0 Å². The zero-order valence-electron chi connectivity index (χ0n) is 19.6. The number of hydrogen-bond donors (Lipinski definition) is 1. The number of likely N-dealkylation sites (tertiary alicyclic amines) is 1. The van der Waals surface area contributed by atoms with E-state index >= 15 is 0 Å². The molecular formula is C26H43N5. The van der Waals surface area contributed by atoms with Gasteiger partial charge in [0.1, 0.15) is 5.82 Å². The number of aryl methyl sites for hydroxylation is 1. The Morgan fingerprint density at radius 1 is 0.677 bits per heavy atom. The molecule has 4 aliphatic rings. The summed E-state index contributed by atoms with van der Waals surface area (Å²) in [6.45, 7) is 4.79. The largest absolute Gasteiger partial charge is 0.356 e. The summed E-state index contributed by atoms with van der Waals surface area (Å²) in [6.07, 6.45) is 21.2. The van der Waals surface area contributed by atoms with E-state index < -0.39 is 0 Å². The summed E-state index contributed by atoms with van der Waals surface area (Å²) < 4.78 is 0. The average molecular weight is 426 g/mol. The molecule has 0 unspecified atom stereocenters. The predicted octanol–water partition coefficient (Wildman–Crippen LogP) is 5.33. The van der Waals surface area contributed by atoms with E-state index in [1.165, 1.54) is 140 Å². The van der Waals surface area contributed by atoms with Gasteiger partial charge in [0, 0.05) is 37.3 Å². The second kappa shape index (κ2) is 10.5. The fourth-order valence-electron chi connectivity index (χ4n) is 6.43. The Balaban J connectivity index is 1.34. The Morgan fingerprint density at radius 2 is 1.39 bits per heavy atom. The van der Waals surface area contributed by atoms with Crippen LogP contribution in [0.2, 0.25) is 0 Å². The molecule has 5 rings (SSSR count). The normalized spacial score (nSPS) is 26.7. The summed E-state index contributed by atoms with van der Waals surface area (Å²) in [7, 11) is 0. The van der Waals surface area contributed by atoms with Crippen LogP contribution in [-0.4, -0.2) is 53.1 Å². The maximum atomic E-state index is 5.20. The van der Waals surface area contributed by atoms with Crippen molar-refractivity contribution < 1.29 is 0 Å². The predicted molar refractivity (Wildman–Crippen MR) is 129 cm³/mol. The summed E-state index contributed by atoms with van der Waals surface area (Å²) in [6, 6.07) is 1.30. The van der Waals surface area contributed by atoms with E-state index in [1.807, 2.05) is 0 Å². The zero-order chi connectivity index (χ0) is 20.9. The third-order valence-corrected chi connectivity index (χ3v) is 8.19. The van der Waals surface area contributed by atoms with Crippen LogP contribution in [0.15, 0.2) is 0 Å². The lowest BCUT2D eigenvalue weighted by Crippen LogP contribution is -2.43. The molecule has 0 radical (unpaired) electrons. The van der Waals surface area contributed by atoms with Gasteiger partial charge in [0.15, 0.2) is 0 Å². The number of hydrogen-bond acceptors (Lipinski definition) is 5. The van der Waals surface area contributed by atoms with Crippen LogP contribution in [0.5, 0.6) is 0 Å². The Hall–Kier alpha value is -1.36. The van der Waals surface area contributed by atoms with E-state index in [-0.39, 0.29) is 0 Å². The summed E-state index contributed by atoms with van der Waals surface area (Å²) in [4.78, 5) is 15.7. The standard InChI is InChI=1S/C26H43N5/c1-2-10-18-30(17-9-1)25-23-15-6-7-16-24(23)28-26(29-25)27-21-12-8-11-19-31(20-21)22-13-4-3-5-14-22/h21-22H,1-20H2,(H,27,28,29)/t21-/m0/s1. The molecule has 0 aromatic carbocycles. The molecular weight excluding hydrogens is 382 g/mol. The van der Waals surface area contributed by atoms with Crippen LogP contribution in [0, 0.1) is 0 Å². The van der Waals surface area contributed by atoms with E-state index in [1.54, 1.807) is 0 Å². The lowest BCUT2D eigenvalue weighted by atomic mass is 9.94. The van der Waals surface area contributed by atoms with Gasteiger partial charge in [-0.25, -0.2) is 4.98 Å². The van der Waals surface area contributed by atoms with Crippen LogP contribution in [0.25, 0.3) is 0 Å². The Labute approximate surface area is 189 Å². The number of aromatic nitrogens is 2. The molecule has 1 atom stereocenters. The Kier molecular flexibility index (Phi) is 7.28. The highest BCUT2D eigenvalue weighted by atomic mass is 15.3. The highest BCUT2D eigenvalue weighted by Crippen LogP contribution is 2.31. The second-order valence-electron chi connectivity index (χ2n) is 10.5. The molecule has 0 amide bonds. The van der Waals surface area contributed by atoms with Gasteiger partial charge in [-0.1, -0.05) is 38.5 Å². The fourth-order valence-corrected chi connectivity index (χ4v) is 6.43. The Morgan fingerprint density at radius 3 is 2.23 bits per heavy atom. The third kappa shape index (κ3) is 5.35. The van der Waals surface area contributed by atoms with Gasteiger partial charge in [0.05, 0.1) is 5.69 Å². The van der Waals surface area contributed by atoms with Crippen molar-refractivity contribution in [2.24, 2.45) is 0 Å². The monoisotopic (exact) mass is 425 g/mol. The quantitative estimate of drug-likeness (QED) is 0.706. The van der Waals surface area contributed by atoms with E-state index in [2.05, 4.69) is 15.1 Å². The van der Waals surface area contributed by atoms with Gasteiger partial charge in [0.2, 0.25) is 5.95 Å². The maximum Gasteiger partial charge on any atom is 0.225 e. The first-order chi connectivity index (χ1) is 15.4. The molecule has 3 fully saturated rings. The molecule has 2 saturated heterocycles. The van der Waals surface area contributed by atoms with Crippen molar-refractivity contribution in [3.63, 3.8) is 0 Å². The first-order valence-corrected chi connectivity index (χ1v) is 13.5. The van der Waals surface area contributed by atoms with Gasteiger partial charge in [-0.05, 0) is 70.8 Å². The van der Waals surface area contributed by atoms with Crippen LogP contribution in [0.3, 0.4) is 0 Å². The van der Waals surface area contributed by atoms with Crippen LogP contribution < -0.4 is 10.2 Å². The average Bonchev–Trinajstić information content (AvgIpc) is 3.22. The van der Waals surface area contributed by atoms with Crippen molar-refractivity contribution in [2.75, 3.05) is 36.4 Å². The van der Waals surface area contributed by atoms with Gasteiger partial charge in [-0.2, -0.15) is 4.98 Å². The number of anilines is 2. The fraction of sp³-hybridized carbons (Fsp3) is 0.846. The van der Waals surface area contributed by atoms with Crippen molar-refractivity contribution in [3.8, 4) is 0 Å². The van der Waals surface area contributed by atoms with Crippen molar-refractivity contribution in [2.45, 2.75) is 115 Å². The van der Waals surface area contributed by atoms with Crippen LogP contribution in [0.1, 0.15) is 101 Å². The molecule has 1 aromatic rings. The molecule has 1 N–H and O–H groups in total. The smallest absolute Gasteiger partial charge is 0.225 e. The molecule has 1 aromatic heterocycles. The minimum Gasteiger partial charge on any atom is -0.356 e. The van der Waals surface area contributed by atoms with E-state index in [9.17, 15) is 0 Å². The molecule has 0 spiro atoms. The SMILES string of the molecule is C1CCC(N2CCCC[C@H](Nc3nc4c(c(N5CCCCCC5)n3)CCCC4)C2)CC1. The van der Waals surface area contributed by atoms with Crippen LogP contribution in [0.4, 0.5) is 11.8 Å². The molecule has 5 heteroatoms. The molecule has 0 bridgehead atoms. The van der Waals surface area contributed by atoms with Crippen LogP contribution in [-0.2, 0) is 12.8 Å². The number of nitrogens with zero attached hydrogens (tertiary/aromatic N) is 4. The molecule has 31 heavy (non-hydrogen) atoms. The third-order valence-electron chi connectivity index (χ3n) is 8.19. The number of rotatable bonds is 4. The zero-order valence-corrected chi connectivity index (χ0v) is 19.6. The summed E-state index contributed by atoms with van der Waals surface area (Å²) in [5, 5.41) is 3.84. The van der Waals surface area contributed by atoms with E-state index in [4.69, 9.17) is 9.97 Å². The maximum absolute atomic E-state index is 5.20.